The van der Waals surface area contributed by atoms with Gasteiger partial charge in [-0.1, -0.05) is 0 Å². The standard InChI is InChI=1S/C20H35N5O7S/c1-33-10-7-13(17(28)24-14(20(31)32)5-2-3-8-21)23-18(29)15-6-4-9-25(15)19(30)12(22)11-16(26)27/h12-15H,2-11,21-22H2,1H3,(H,23,29)(H,24,28)(H,26,27)(H,31,32). The van der Waals surface area contributed by atoms with Gasteiger partial charge in [-0.2, -0.15) is 11.8 Å². The molecule has 4 atom stereocenters. The first-order valence-electron chi connectivity index (χ1n) is 10.9. The molecule has 0 aromatic heterocycles. The molecule has 0 spiro atoms. The van der Waals surface area contributed by atoms with Crippen LogP contribution in [-0.4, -0.2) is 94.0 Å². The summed E-state index contributed by atoms with van der Waals surface area (Å²) in [5, 5.41) is 23.4. The van der Waals surface area contributed by atoms with Gasteiger partial charge < -0.3 is 37.2 Å². The number of carboxylic acid groups (broad SMARTS) is 2. The van der Waals surface area contributed by atoms with E-state index in [1.165, 1.54) is 16.7 Å². The van der Waals surface area contributed by atoms with Gasteiger partial charge in [0.15, 0.2) is 0 Å². The highest BCUT2D eigenvalue weighted by Gasteiger charge is 2.38. The van der Waals surface area contributed by atoms with Crippen molar-refractivity contribution in [3.8, 4) is 0 Å². The summed E-state index contributed by atoms with van der Waals surface area (Å²) < 4.78 is 0. The maximum Gasteiger partial charge on any atom is 0.326 e. The maximum atomic E-state index is 12.9. The van der Waals surface area contributed by atoms with E-state index in [0.717, 1.165) is 0 Å². The minimum atomic E-state index is -1.27. The first-order valence-corrected chi connectivity index (χ1v) is 12.3. The van der Waals surface area contributed by atoms with Gasteiger partial charge in [0.1, 0.15) is 18.1 Å². The smallest absolute Gasteiger partial charge is 0.326 e. The Bertz CT molecular complexity index is 708. The Morgan fingerprint density at radius 3 is 2.36 bits per heavy atom. The zero-order valence-corrected chi connectivity index (χ0v) is 19.6. The number of thioether (sulfide) groups is 1. The Labute approximate surface area is 197 Å². The van der Waals surface area contributed by atoms with Crippen molar-refractivity contribution in [2.24, 2.45) is 11.5 Å². The molecule has 3 amide bonds. The van der Waals surface area contributed by atoms with E-state index in [1.54, 1.807) is 0 Å². The van der Waals surface area contributed by atoms with Crippen molar-refractivity contribution in [1.29, 1.82) is 0 Å². The molecule has 0 aromatic rings. The van der Waals surface area contributed by atoms with Crippen molar-refractivity contribution in [3.63, 3.8) is 0 Å². The molecule has 13 heteroatoms. The number of carbonyl (C=O) groups excluding carboxylic acids is 3. The minimum absolute atomic E-state index is 0.216. The van der Waals surface area contributed by atoms with Gasteiger partial charge in [0.25, 0.3) is 0 Å². The predicted molar refractivity (Wildman–Crippen MR) is 122 cm³/mol. The van der Waals surface area contributed by atoms with Gasteiger partial charge >= 0.3 is 11.9 Å². The van der Waals surface area contributed by atoms with Crippen molar-refractivity contribution in [2.45, 2.75) is 69.1 Å². The molecule has 1 rings (SSSR count). The van der Waals surface area contributed by atoms with Crippen molar-refractivity contribution in [3.05, 3.63) is 0 Å². The molecule has 1 aliphatic rings. The summed E-state index contributed by atoms with van der Waals surface area (Å²) in [4.78, 5) is 61.9. The normalized spacial score (nSPS) is 18.3. The van der Waals surface area contributed by atoms with Crippen LogP contribution in [0.5, 0.6) is 0 Å². The highest BCUT2D eigenvalue weighted by atomic mass is 32.2. The molecule has 0 bridgehead atoms. The maximum absolute atomic E-state index is 12.9. The largest absolute Gasteiger partial charge is 0.481 e. The third kappa shape index (κ3) is 9.56. The van der Waals surface area contributed by atoms with Crippen molar-refractivity contribution >= 4 is 41.4 Å². The lowest BCUT2D eigenvalue weighted by molar-refractivity contribution is -0.144. The van der Waals surface area contributed by atoms with Crippen LogP contribution in [0.2, 0.25) is 0 Å². The van der Waals surface area contributed by atoms with Crippen molar-refractivity contribution in [1.82, 2.24) is 15.5 Å². The first kappa shape index (κ1) is 28.7. The molecular formula is C20H35N5O7S. The molecule has 33 heavy (non-hydrogen) atoms. The number of hydrogen-bond acceptors (Lipinski definition) is 8. The number of nitrogens with one attached hydrogen (secondary N) is 2. The lowest BCUT2D eigenvalue weighted by Gasteiger charge is -2.28. The van der Waals surface area contributed by atoms with E-state index in [-0.39, 0.29) is 19.4 Å². The Kier molecular flexibility index (Phi) is 12.8. The van der Waals surface area contributed by atoms with E-state index in [9.17, 15) is 29.1 Å². The van der Waals surface area contributed by atoms with Gasteiger partial charge in [0.05, 0.1) is 12.5 Å². The second-order valence-corrected chi connectivity index (χ2v) is 8.91. The highest BCUT2D eigenvalue weighted by Crippen LogP contribution is 2.19. The summed E-state index contributed by atoms with van der Waals surface area (Å²) in [6.45, 7) is 0.674. The number of likely N-dealkylation sites (tertiary alicyclic amines) is 1. The minimum Gasteiger partial charge on any atom is -0.481 e. The van der Waals surface area contributed by atoms with Crippen LogP contribution in [0.3, 0.4) is 0 Å². The molecule has 1 heterocycles. The molecule has 8 N–H and O–H groups in total. The monoisotopic (exact) mass is 489 g/mol. The zero-order valence-electron chi connectivity index (χ0n) is 18.8. The van der Waals surface area contributed by atoms with Crippen LogP contribution < -0.4 is 22.1 Å². The number of aliphatic carboxylic acids is 2. The summed E-state index contributed by atoms with van der Waals surface area (Å²) in [7, 11) is 0. The quantitative estimate of drug-likeness (QED) is 0.150. The number of hydrogen-bond donors (Lipinski definition) is 6. The Morgan fingerprint density at radius 2 is 1.79 bits per heavy atom. The van der Waals surface area contributed by atoms with Crippen LogP contribution in [-0.2, 0) is 24.0 Å². The van der Waals surface area contributed by atoms with Crippen LogP contribution in [0.25, 0.3) is 0 Å². The van der Waals surface area contributed by atoms with Crippen LogP contribution >= 0.6 is 11.8 Å². The first-order chi connectivity index (χ1) is 15.6. The average molecular weight is 490 g/mol. The predicted octanol–water partition coefficient (Wildman–Crippen LogP) is -1.28. The molecule has 1 fully saturated rings. The number of carboxylic acids is 2. The molecule has 0 aliphatic carbocycles. The summed E-state index contributed by atoms with van der Waals surface area (Å²) in [6, 6.07) is -4.22. The molecule has 1 aliphatic heterocycles. The van der Waals surface area contributed by atoms with Gasteiger partial charge in [-0.05, 0) is 57.1 Å². The molecule has 188 valence electrons. The number of amides is 3. The second-order valence-electron chi connectivity index (χ2n) is 7.92. The topological polar surface area (TPSA) is 205 Å². The van der Waals surface area contributed by atoms with Crippen molar-refractivity contribution in [2.75, 3.05) is 25.1 Å². The average Bonchev–Trinajstić information content (AvgIpc) is 3.24. The summed E-state index contributed by atoms with van der Waals surface area (Å²) in [5.41, 5.74) is 11.1. The number of nitrogens with two attached hydrogens (primary N) is 2. The summed E-state index contributed by atoms with van der Waals surface area (Å²) >= 11 is 1.47. The zero-order chi connectivity index (χ0) is 25.0. The number of rotatable bonds is 15. The lowest BCUT2D eigenvalue weighted by atomic mass is 10.1. The van der Waals surface area contributed by atoms with Gasteiger partial charge in [0.2, 0.25) is 17.7 Å². The second kappa shape index (κ2) is 14.7. The third-order valence-electron chi connectivity index (χ3n) is 5.36. The van der Waals surface area contributed by atoms with Crippen LogP contribution in [0, 0.1) is 0 Å². The van der Waals surface area contributed by atoms with E-state index in [2.05, 4.69) is 10.6 Å². The van der Waals surface area contributed by atoms with E-state index in [1.807, 2.05) is 6.26 Å². The van der Waals surface area contributed by atoms with Gasteiger partial charge in [-0.25, -0.2) is 4.79 Å². The van der Waals surface area contributed by atoms with Crippen LogP contribution in [0.1, 0.15) is 44.9 Å². The lowest BCUT2D eigenvalue weighted by Crippen LogP contribution is -2.56. The van der Waals surface area contributed by atoms with Crippen LogP contribution in [0.15, 0.2) is 0 Å². The Balaban J connectivity index is 2.86. The van der Waals surface area contributed by atoms with E-state index in [0.29, 0.717) is 38.0 Å². The van der Waals surface area contributed by atoms with E-state index >= 15 is 0 Å². The number of unbranched alkanes of at least 4 members (excludes halogenated alkanes) is 1. The van der Waals surface area contributed by atoms with E-state index < -0.39 is 60.2 Å². The molecule has 1 saturated heterocycles. The fourth-order valence-corrected chi connectivity index (χ4v) is 4.06. The molecule has 12 nitrogen and oxygen atoms in total. The Hall–Kier alpha value is -2.38. The summed E-state index contributed by atoms with van der Waals surface area (Å²) in [6.07, 6.45) is 3.82. The third-order valence-corrected chi connectivity index (χ3v) is 6.00. The van der Waals surface area contributed by atoms with Crippen LogP contribution in [0.4, 0.5) is 0 Å². The highest BCUT2D eigenvalue weighted by molar-refractivity contribution is 7.98. The van der Waals surface area contributed by atoms with Gasteiger partial charge in [-0.3, -0.25) is 19.2 Å². The van der Waals surface area contributed by atoms with Gasteiger partial charge in [0, 0.05) is 6.54 Å². The Morgan fingerprint density at radius 1 is 1.09 bits per heavy atom. The molecule has 0 saturated carbocycles. The fraction of sp³-hybridized carbons (Fsp3) is 0.750. The summed E-state index contributed by atoms with van der Waals surface area (Å²) in [5.74, 6) is -3.65. The molecule has 0 aromatic carbocycles. The van der Waals surface area contributed by atoms with Crippen molar-refractivity contribution < 1.29 is 34.2 Å². The number of carbonyl (C=O) groups is 5. The SMILES string of the molecule is CSCCC(NC(=O)C1CCCN1C(=O)C(N)CC(=O)O)C(=O)NC(CCCCN)C(=O)O. The fourth-order valence-electron chi connectivity index (χ4n) is 3.59. The molecular weight excluding hydrogens is 454 g/mol. The number of nitrogens with zero attached hydrogens (tertiary/aromatic N) is 1. The van der Waals surface area contributed by atoms with E-state index in [4.69, 9.17) is 16.6 Å². The molecule has 4 unspecified atom stereocenters. The van der Waals surface area contributed by atoms with Gasteiger partial charge in [-0.15, -0.1) is 0 Å². The molecule has 0 radical (unpaired) electrons.